The molecule has 0 saturated carbocycles. The van der Waals surface area contributed by atoms with Gasteiger partial charge >= 0.3 is 0 Å². The van der Waals surface area contributed by atoms with Gasteiger partial charge in [0, 0.05) is 51.0 Å². The predicted molar refractivity (Wildman–Crippen MR) is 134 cm³/mol. The van der Waals surface area contributed by atoms with Gasteiger partial charge in [0.15, 0.2) is 5.96 Å². The molecule has 1 aromatic carbocycles. The largest absolute Gasteiger partial charge is 0.356 e. The standard InChI is InChI=1S/C22H34N6O.HI/c1-6-27(7-2)21(29)20-11-9-19(10-12-20)16-25-22(23-5)24-13-8-14-28-18(4)15-17(3)26-28;/h9-12,15H,6-8,13-14,16H2,1-5H3,(H2,23,24,25);1H. The monoisotopic (exact) mass is 526 g/mol. The van der Waals surface area contributed by atoms with E-state index in [2.05, 4.69) is 33.7 Å². The summed E-state index contributed by atoms with van der Waals surface area (Å²) in [5, 5.41) is 11.1. The molecule has 1 amide bonds. The lowest BCUT2D eigenvalue weighted by Gasteiger charge is -2.18. The molecule has 166 valence electrons. The SMILES string of the molecule is CCN(CC)C(=O)c1ccc(CNC(=NC)NCCCn2nc(C)cc2C)cc1.I. The summed E-state index contributed by atoms with van der Waals surface area (Å²) in [6.45, 7) is 11.9. The summed E-state index contributed by atoms with van der Waals surface area (Å²) in [4.78, 5) is 18.5. The number of carbonyl (C=O) groups is 1. The number of guanidine groups is 1. The number of hydrogen-bond donors (Lipinski definition) is 2. The number of aryl methyl sites for hydroxylation is 3. The first-order chi connectivity index (χ1) is 14.0. The second-order valence-corrected chi connectivity index (χ2v) is 7.03. The third-order valence-electron chi connectivity index (χ3n) is 4.88. The number of aromatic nitrogens is 2. The molecule has 8 heteroatoms. The lowest BCUT2D eigenvalue weighted by Crippen LogP contribution is -2.37. The number of rotatable bonds is 9. The first kappa shape index (κ1) is 25.9. The summed E-state index contributed by atoms with van der Waals surface area (Å²) in [6, 6.07) is 9.85. The Morgan fingerprint density at radius 1 is 1.13 bits per heavy atom. The molecule has 0 aliphatic heterocycles. The Labute approximate surface area is 197 Å². The van der Waals surface area contributed by atoms with Gasteiger partial charge in [0.2, 0.25) is 0 Å². The molecule has 0 bridgehead atoms. The van der Waals surface area contributed by atoms with Crippen LogP contribution in [-0.2, 0) is 13.1 Å². The van der Waals surface area contributed by atoms with Gasteiger partial charge < -0.3 is 15.5 Å². The Bertz CT molecular complexity index is 812. The van der Waals surface area contributed by atoms with E-state index in [-0.39, 0.29) is 29.9 Å². The quantitative estimate of drug-likeness (QED) is 0.228. The molecule has 0 spiro atoms. The Morgan fingerprint density at radius 3 is 2.33 bits per heavy atom. The van der Waals surface area contributed by atoms with Gasteiger partial charge in [-0.3, -0.25) is 14.5 Å². The molecule has 0 fully saturated rings. The molecular formula is C22H35IN6O. The molecule has 2 rings (SSSR count). The Kier molecular flexibility index (Phi) is 11.5. The van der Waals surface area contributed by atoms with Crippen molar-refractivity contribution in [1.82, 2.24) is 25.3 Å². The second-order valence-electron chi connectivity index (χ2n) is 7.03. The van der Waals surface area contributed by atoms with E-state index in [1.54, 1.807) is 7.05 Å². The van der Waals surface area contributed by atoms with E-state index in [1.165, 1.54) is 5.69 Å². The summed E-state index contributed by atoms with van der Waals surface area (Å²) in [5.41, 5.74) is 4.07. The minimum atomic E-state index is 0. The number of nitrogens with one attached hydrogen (secondary N) is 2. The van der Waals surface area contributed by atoms with Gasteiger partial charge in [0.1, 0.15) is 0 Å². The Balaban J connectivity index is 0.00000450. The van der Waals surface area contributed by atoms with Crippen molar-refractivity contribution in [3.05, 3.63) is 52.8 Å². The van der Waals surface area contributed by atoms with E-state index < -0.39 is 0 Å². The normalized spacial score (nSPS) is 11.0. The first-order valence-corrected chi connectivity index (χ1v) is 10.3. The molecule has 0 aliphatic carbocycles. The van der Waals surface area contributed by atoms with Crippen LogP contribution >= 0.6 is 24.0 Å². The molecule has 2 aromatic rings. The lowest BCUT2D eigenvalue weighted by molar-refractivity contribution is 0.0773. The molecule has 0 unspecified atom stereocenters. The van der Waals surface area contributed by atoms with Crippen LogP contribution < -0.4 is 10.6 Å². The third-order valence-corrected chi connectivity index (χ3v) is 4.88. The number of carbonyl (C=O) groups excluding carboxylic acids is 1. The fourth-order valence-corrected chi connectivity index (χ4v) is 3.20. The highest BCUT2D eigenvalue weighted by Crippen LogP contribution is 2.08. The van der Waals surface area contributed by atoms with Crippen molar-refractivity contribution in [3.63, 3.8) is 0 Å². The van der Waals surface area contributed by atoms with Crippen LogP contribution in [0.2, 0.25) is 0 Å². The fourth-order valence-electron chi connectivity index (χ4n) is 3.20. The van der Waals surface area contributed by atoms with Gasteiger partial charge in [-0.1, -0.05) is 12.1 Å². The van der Waals surface area contributed by atoms with E-state index in [9.17, 15) is 4.79 Å². The average Bonchev–Trinajstić information content (AvgIpc) is 3.05. The number of hydrogen-bond acceptors (Lipinski definition) is 3. The number of amides is 1. The Hall–Kier alpha value is -2.10. The Morgan fingerprint density at radius 2 is 1.80 bits per heavy atom. The zero-order chi connectivity index (χ0) is 21.2. The summed E-state index contributed by atoms with van der Waals surface area (Å²) < 4.78 is 2.04. The van der Waals surface area contributed by atoms with Crippen molar-refractivity contribution >= 4 is 35.8 Å². The third kappa shape index (κ3) is 7.62. The second kappa shape index (κ2) is 13.3. The van der Waals surface area contributed by atoms with Crippen LogP contribution in [0.4, 0.5) is 0 Å². The highest BCUT2D eigenvalue weighted by Gasteiger charge is 2.11. The van der Waals surface area contributed by atoms with Crippen LogP contribution in [0.3, 0.4) is 0 Å². The smallest absolute Gasteiger partial charge is 0.253 e. The summed E-state index contributed by atoms with van der Waals surface area (Å²) in [6.07, 6.45) is 0.963. The topological polar surface area (TPSA) is 74.6 Å². The molecule has 1 aromatic heterocycles. The van der Waals surface area contributed by atoms with Crippen molar-refractivity contribution in [2.75, 3.05) is 26.7 Å². The van der Waals surface area contributed by atoms with E-state index in [1.807, 2.05) is 54.6 Å². The molecule has 2 N–H and O–H groups in total. The summed E-state index contributed by atoms with van der Waals surface area (Å²) in [7, 11) is 1.77. The zero-order valence-electron chi connectivity index (χ0n) is 18.7. The number of halogens is 1. The molecule has 0 radical (unpaired) electrons. The van der Waals surface area contributed by atoms with E-state index >= 15 is 0 Å². The van der Waals surface area contributed by atoms with Gasteiger partial charge in [-0.2, -0.15) is 5.10 Å². The highest BCUT2D eigenvalue weighted by molar-refractivity contribution is 14.0. The van der Waals surface area contributed by atoms with Crippen LogP contribution in [0.15, 0.2) is 35.3 Å². The van der Waals surface area contributed by atoms with Crippen LogP contribution in [-0.4, -0.2) is 53.2 Å². The minimum Gasteiger partial charge on any atom is -0.356 e. The van der Waals surface area contributed by atoms with E-state index in [0.717, 1.165) is 55.4 Å². The number of aliphatic imine (C=N–C) groups is 1. The maximum absolute atomic E-state index is 12.4. The van der Waals surface area contributed by atoms with Crippen molar-refractivity contribution in [3.8, 4) is 0 Å². The summed E-state index contributed by atoms with van der Waals surface area (Å²) >= 11 is 0. The van der Waals surface area contributed by atoms with Crippen LogP contribution in [0.1, 0.15) is 47.6 Å². The van der Waals surface area contributed by atoms with Crippen LogP contribution in [0, 0.1) is 13.8 Å². The van der Waals surface area contributed by atoms with E-state index in [0.29, 0.717) is 6.54 Å². The average molecular weight is 526 g/mol. The van der Waals surface area contributed by atoms with Gasteiger partial charge in [-0.15, -0.1) is 24.0 Å². The zero-order valence-corrected chi connectivity index (χ0v) is 21.1. The molecule has 30 heavy (non-hydrogen) atoms. The molecule has 0 atom stereocenters. The summed E-state index contributed by atoms with van der Waals surface area (Å²) in [5.74, 6) is 0.844. The van der Waals surface area contributed by atoms with Gasteiger partial charge in [0.05, 0.1) is 5.69 Å². The highest BCUT2D eigenvalue weighted by atomic mass is 127. The molecule has 1 heterocycles. The van der Waals surface area contributed by atoms with Crippen LogP contribution in [0.5, 0.6) is 0 Å². The van der Waals surface area contributed by atoms with Gasteiger partial charge in [-0.25, -0.2) is 0 Å². The van der Waals surface area contributed by atoms with Crippen molar-refractivity contribution in [2.24, 2.45) is 4.99 Å². The van der Waals surface area contributed by atoms with Crippen LogP contribution in [0.25, 0.3) is 0 Å². The number of nitrogens with zero attached hydrogens (tertiary/aromatic N) is 4. The van der Waals surface area contributed by atoms with Crippen molar-refractivity contribution in [1.29, 1.82) is 0 Å². The molecular weight excluding hydrogens is 491 g/mol. The van der Waals surface area contributed by atoms with Crippen molar-refractivity contribution in [2.45, 2.75) is 47.2 Å². The maximum Gasteiger partial charge on any atom is 0.253 e. The molecule has 0 aliphatic rings. The fraction of sp³-hybridized carbons (Fsp3) is 0.500. The first-order valence-electron chi connectivity index (χ1n) is 10.3. The minimum absolute atomic E-state index is 0. The van der Waals surface area contributed by atoms with Gasteiger partial charge in [-0.05, 0) is 57.9 Å². The molecule has 0 saturated heterocycles. The maximum atomic E-state index is 12.4. The van der Waals surface area contributed by atoms with Gasteiger partial charge in [0.25, 0.3) is 5.91 Å². The number of benzene rings is 1. The van der Waals surface area contributed by atoms with E-state index in [4.69, 9.17) is 0 Å². The predicted octanol–water partition coefficient (Wildman–Crippen LogP) is 3.36. The molecule has 7 nitrogen and oxygen atoms in total. The van der Waals surface area contributed by atoms with Crippen molar-refractivity contribution < 1.29 is 4.79 Å². The lowest BCUT2D eigenvalue weighted by atomic mass is 10.1.